The van der Waals surface area contributed by atoms with Gasteiger partial charge in [0.25, 0.3) is 0 Å². The third-order valence-corrected chi connectivity index (χ3v) is 2.43. The number of esters is 1. The van der Waals surface area contributed by atoms with Crippen LogP contribution in [0, 0.1) is 0 Å². The molecule has 2 rings (SSSR count). The van der Waals surface area contributed by atoms with Crippen molar-refractivity contribution in [2.24, 2.45) is 0 Å². The Morgan fingerprint density at radius 1 is 1.12 bits per heavy atom. The number of hydrogen-bond acceptors (Lipinski definition) is 2. The molecule has 0 aliphatic heterocycles. The first-order valence-corrected chi connectivity index (χ1v) is 5.49. The number of fused-ring (bicyclic) bond motifs is 1. The van der Waals surface area contributed by atoms with Gasteiger partial charge < -0.3 is 4.74 Å². The summed E-state index contributed by atoms with van der Waals surface area (Å²) in [7, 11) is 0. The van der Waals surface area contributed by atoms with E-state index in [1.54, 1.807) is 0 Å². The predicted octanol–water partition coefficient (Wildman–Crippen LogP) is 2.90. The van der Waals surface area contributed by atoms with E-state index in [4.69, 9.17) is 4.74 Å². The summed E-state index contributed by atoms with van der Waals surface area (Å²) in [5.74, 6) is 0.482. The van der Waals surface area contributed by atoms with Crippen molar-refractivity contribution in [3.8, 4) is 5.75 Å². The third kappa shape index (κ3) is 3.90. The van der Waals surface area contributed by atoms with Crippen molar-refractivity contribution in [2.45, 2.75) is 19.8 Å². The monoisotopic (exact) mass is 254 g/mol. The summed E-state index contributed by atoms with van der Waals surface area (Å²) in [6.45, 7) is 1.96. The molecule has 2 nitrogen and oxygen atoms in total. The van der Waals surface area contributed by atoms with Gasteiger partial charge in [-0.15, -0.1) is 0 Å². The van der Waals surface area contributed by atoms with Crippen molar-refractivity contribution in [1.29, 1.82) is 0 Å². The van der Waals surface area contributed by atoms with E-state index in [0.717, 1.165) is 17.2 Å². The van der Waals surface area contributed by atoms with E-state index >= 15 is 0 Å². The summed E-state index contributed by atoms with van der Waals surface area (Å²) in [5, 5.41) is 2.07. The number of carbonyl (C=O) groups excluding carboxylic acids is 1. The second-order valence-corrected chi connectivity index (χ2v) is 3.70. The average Bonchev–Trinajstić information content (AvgIpc) is 2.30. The molecule has 0 aliphatic rings. The normalized spacial score (nSPS) is 9.71. The van der Waals surface area contributed by atoms with Crippen LogP contribution < -0.4 is 4.74 Å². The van der Waals surface area contributed by atoms with Crippen LogP contribution in [-0.2, 0) is 4.79 Å². The summed E-state index contributed by atoms with van der Waals surface area (Å²) in [6.07, 6.45) is 1.27. The Hall–Kier alpha value is -0.194. The Morgan fingerprint density at radius 2 is 1.82 bits per heavy atom. The summed E-state index contributed by atoms with van der Waals surface area (Å²) < 4.78 is 5.33. The molecule has 3 heteroatoms. The summed E-state index contributed by atoms with van der Waals surface area (Å²) in [6, 6.07) is 13.6. The van der Waals surface area contributed by atoms with E-state index in [2.05, 4.69) is 0 Å². The van der Waals surface area contributed by atoms with Crippen LogP contribution in [0.15, 0.2) is 42.5 Å². The molecule has 17 heavy (non-hydrogen) atoms. The molecule has 0 N–H and O–H groups in total. The molecule has 2 aromatic rings. The van der Waals surface area contributed by atoms with E-state index < -0.39 is 0 Å². The van der Waals surface area contributed by atoms with Crippen molar-refractivity contribution in [3.05, 3.63) is 42.5 Å². The van der Waals surface area contributed by atoms with Gasteiger partial charge in [-0.05, 0) is 17.9 Å². The fourth-order valence-corrected chi connectivity index (χ4v) is 1.66. The number of rotatable bonds is 3. The molecular weight excluding hydrogens is 239 g/mol. The summed E-state index contributed by atoms with van der Waals surface area (Å²) in [5.41, 5.74) is 0. The van der Waals surface area contributed by atoms with Gasteiger partial charge in [-0.3, -0.25) is 4.79 Å². The Morgan fingerprint density at radius 3 is 2.59 bits per heavy atom. The van der Waals surface area contributed by atoms with Gasteiger partial charge in [-0.1, -0.05) is 43.3 Å². The second-order valence-electron chi connectivity index (χ2n) is 3.70. The zero-order chi connectivity index (χ0) is 11.4. The van der Waals surface area contributed by atoms with E-state index in [0.29, 0.717) is 12.2 Å². The first-order valence-electron chi connectivity index (χ1n) is 5.49. The molecule has 0 saturated heterocycles. The molecular formula is C14H15KO2. The number of benzene rings is 2. The van der Waals surface area contributed by atoms with E-state index in [1.807, 2.05) is 49.4 Å². The van der Waals surface area contributed by atoms with E-state index in [9.17, 15) is 4.79 Å². The second kappa shape index (κ2) is 7.29. The molecule has 0 unspecified atom stereocenters. The zero-order valence-corrected chi connectivity index (χ0v) is 9.27. The van der Waals surface area contributed by atoms with Crippen LogP contribution in [0.5, 0.6) is 5.75 Å². The standard InChI is InChI=1S/C14H14O2.K.H/c1-2-6-14(15)16-13-10-5-8-11-7-3-4-9-12(11)13;;/h3-5,7-10H,2,6H2,1H3;;. The predicted molar refractivity (Wildman–Crippen MR) is 71.6 cm³/mol. The molecule has 0 fully saturated rings. The van der Waals surface area contributed by atoms with Crippen LogP contribution >= 0.6 is 0 Å². The Balaban J connectivity index is 0.00000144. The Bertz CT molecular complexity index is 503. The quantitative estimate of drug-likeness (QED) is 0.478. The van der Waals surface area contributed by atoms with Gasteiger partial charge in [0.15, 0.2) is 0 Å². The van der Waals surface area contributed by atoms with Crippen molar-refractivity contribution in [1.82, 2.24) is 0 Å². The number of ether oxygens (including phenoxy) is 1. The maximum absolute atomic E-state index is 11.4. The molecule has 2 aromatic carbocycles. The van der Waals surface area contributed by atoms with Gasteiger partial charge in [-0.25, -0.2) is 0 Å². The van der Waals surface area contributed by atoms with Crippen LogP contribution in [0.25, 0.3) is 10.8 Å². The topological polar surface area (TPSA) is 26.3 Å². The molecule has 0 saturated carbocycles. The van der Waals surface area contributed by atoms with Crippen molar-refractivity contribution < 1.29 is 9.53 Å². The van der Waals surface area contributed by atoms with Gasteiger partial charge >= 0.3 is 57.4 Å². The van der Waals surface area contributed by atoms with Gasteiger partial charge in [0, 0.05) is 11.8 Å². The first-order chi connectivity index (χ1) is 7.81. The maximum atomic E-state index is 11.4. The average molecular weight is 254 g/mol. The van der Waals surface area contributed by atoms with E-state index in [1.165, 1.54) is 0 Å². The molecule has 0 atom stereocenters. The molecule has 0 aromatic heterocycles. The summed E-state index contributed by atoms with van der Waals surface area (Å²) >= 11 is 0. The van der Waals surface area contributed by atoms with Crippen LogP contribution in [0.3, 0.4) is 0 Å². The molecule has 0 spiro atoms. The molecule has 0 bridgehead atoms. The third-order valence-electron chi connectivity index (χ3n) is 2.43. The van der Waals surface area contributed by atoms with Crippen LogP contribution in [0.2, 0.25) is 0 Å². The van der Waals surface area contributed by atoms with Crippen molar-refractivity contribution >= 4 is 68.1 Å². The van der Waals surface area contributed by atoms with Gasteiger partial charge in [-0.2, -0.15) is 0 Å². The minimum absolute atomic E-state index is 0. The van der Waals surface area contributed by atoms with Crippen molar-refractivity contribution in [3.63, 3.8) is 0 Å². The zero-order valence-electron chi connectivity index (χ0n) is 9.27. The van der Waals surface area contributed by atoms with Crippen LogP contribution in [0.4, 0.5) is 0 Å². The van der Waals surface area contributed by atoms with Crippen molar-refractivity contribution in [2.75, 3.05) is 0 Å². The fraction of sp³-hybridized carbons (Fsp3) is 0.214. The Kier molecular flexibility index (Phi) is 6.37. The van der Waals surface area contributed by atoms with Gasteiger partial charge in [0.05, 0.1) is 0 Å². The minimum atomic E-state index is -0.168. The molecule has 0 amide bonds. The molecule has 0 heterocycles. The van der Waals surface area contributed by atoms with Crippen LogP contribution in [0.1, 0.15) is 19.8 Å². The number of hydrogen-bond donors (Lipinski definition) is 0. The first kappa shape index (κ1) is 14.9. The Labute approximate surface area is 144 Å². The van der Waals surface area contributed by atoms with Gasteiger partial charge in [0.2, 0.25) is 0 Å². The van der Waals surface area contributed by atoms with Crippen LogP contribution in [-0.4, -0.2) is 57.4 Å². The van der Waals surface area contributed by atoms with E-state index in [-0.39, 0.29) is 57.4 Å². The SMILES string of the molecule is CCCC(=O)Oc1cccc2ccccc12.[KH]. The number of carbonyl (C=O) groups is 1. The molecule has 84 valence electrons. The molecule has 0 aliphatic carbocycles. The van der Waals surface area contributed by atoms with Gasteiger partial charge in [0.1, 0.15) is 5.75 Å². The fourth-order valence-electron chi connectivity index (χ4n) is 1.66. The summed E-state index contributed by atoms with van der Waals surface area (Å²) in [4.78, 5) is 11.4. The molecule has 0 radical (unpaired) electrons.